The number of hydrogen-bond donors (Lipinski definition) is 1. The SMILES string of the molecule is CNCCOCCN(C)C(C)C.[HH]. The van der Waals surface area contributed by atoms with Gasteiger partial charge in [-0.3, -0.25) is 0 Å². The predicted molar refractivity (Wildman–Crippen MR) is 54.6 cm³/mol. The Morgan fingerprint density at radius 2 is 2.08 bits per heavy atom. The molecule has 0 rings (SSSR count). The minimum atomic E-state index is 0. The van der Waals surface area contributed by atoms with E-state index in [1.807, 2.05) is 7.05 Å². The van der Waals surface area contributed by atoms with Crippen molar-refractivity contribution in [1.82, 2.24) is 10.2 Å². The summed E-state index contributed by atoms with van der Waals surface area (Å²) >= 11 is 0. The van der Waals surface area contributed by atoms with Crippen molar-refractivity contribution in [3.05, 3.63) is 0 Å². The molecule has 12 heavy (non-hydrogen) atoms. The van der Waals surface area contributed by atoms with Gasteiger partial charge in [-0.15, -0.1) is 0 Å². The van der Waals surface area contributed by atoms with Gasteiger partial charge in [-0.05, 0) is 27.9 Å². The average molecular weight is 176 g/mol. The third-order valence-corrected chi connectivity index (χ3v) is 1.97. The molecule has 0 radical (unpaired) electrons. The van der Waals surface area contributed by atoms with Crippen LogP contribution in [0.25, 0.3) is 0 Å². The lowest BCUT2D eigenvalue weighted by atomic mass is 10.3. The predicted octanol–water partition coefficient (Wildman–Crippen LogP) is 0.809. The van der Waals surface area contributed by atoms with Crippen LogP contribution in [-0.4, -0.2) is 51.3 Å². The molecule has 0 bridgehead atoms. The van der Waals surface area contributed by atoms with Crippen LogP contribution < -0.4 is 5.32 Å². The molecule has 0 aromatic carbocycles. The fourth-order valence-electron chi connectivity index (χ4n) is 0.743. The lowest BCUT2D eigenvalue weighted by Crippen LogP contribution is -2.30. The fourth-order valence-corrected chi connectivity index (χ4v) is 0.743. The van der Waals surface area contributed by atoms with Crippen molar-refractivity contribution in [2.75, 3.05) is 40.4 Å². The third kappa shape index (κ3) is 6.58. The van der Waals surface area contributed by atoms with Gasteiger partial charge in [0.25, 0.3) is 0 Å². The van der Waals surface area contributed by atoms with Gasteiger partial charge >= 0.3 is 0 Å². The molecular weight excluding hydrogens is 152 g/mol. The lowest BCUT2D eigenvalue weighted by molar-refractivity contribution is 0.106. The minimum absolute atomic E-state index is 0. The highest BCUT2D eigenvalue weighted by atomic mass is 16.5. The molecule has 0 heterocycles. The summed E-state index contributed by atoms with van der Waals surface area (Å²) in [6, 6.07) is 0.609. The van der Waals surface area contributed by atoms with E-state index in [0.717, 1.165) is 26.3 Å². The van der Waals surface area contributed by atoms with Crippen molar-refractivity contribution in [1.29, 1.82) is 0 Å². The Hall–Kier alpha value is -0.120. The third-order valence-electron chi connectivity index (χ3n) is 1.97. The van der Waals surface area contributed by atoms with Crippen LogP contribution in [0.2, 0.25) is 0 Å². The standard InChI is InChI=1S/C9H22N2O.H2/c1-9(2)11(4)6-8-12-7-5-10-3;/h9-10H,5-8H2,1-4H3;1H. The van der Waals surface area contributed by atoms with Crippen molar-refractivity contribution < 1.29 is 6.16 Å². The number of hydrogen-bond acceptors (Lipinski definition) is 3. The van der Waals surface area contributed by atoms with Crippen molar-refractivity contribution in [2.45, 2.75) is 19.9 Å². The topological polar surface area (TPSA) is 24.5 Å². The molecule has 0 aromatic rings. The van der Waals surface area contributed by atoms with Gasteiger partial charge < -0.3 is 15.0 Å². The smallest absolute Gasteiger partial charge is 0.0594 e. The number of ether oxygens (including phenoxy) is 1. The number of nitrogens with zero attached hydrogens (tertiary/aromatic N) is 1. The summed E-state index contributed by atoms with van der Waals surface area (Å²) in [5, 5.41) is 3.04. The molecule has 0 aliphatic heterocycles. The average Bonchev–Trinajstić information content (AvgIpc) is 2.03. The molecule has 0 aliphatic rings. The first-order valence-electron chi connectivity index (χ1n) is 4.61. The highest BCUT2D eigenvalue weighted by Crippen LogP contribution is 1.91. The molecule has 0 aliphatic carbocycles. The maximum absolute atomic E-state index is 5.39. The summed E-state index contributed by atoms with van der Waals surface area (Å²) in [5.74, 6) is 0. The van der Waals surface area contributed by atoms with Crippen LogP contribution in [0.3, 0.4) is 0 Å². The molecule has 0 saturated heterocycles. The molecule has 0 fully saturated rings. The van der Waals surface area contributed by atoms with E-state index >= 15 is 0 Å². The Morgan fingerprint density at radius 3 is 2.58 bits per heavy atom. The van der Waals surface area contributed by atoms with E-state index in [9.17, 15) is 0 Å². The van der Waals surface area contributed by atoms with Gasteiger partial charge in [0.05, 0.1) is 13.2 Å². The highest BCUT2D eigenvalue weighted by Gasteiger charge is 2.01. The normalized spacial score (nSPS) is 11.5. The molecule has 1 N–H and O–H groups in total. The fraction of sp³-hybridized carbons (Fsp3) is 1.00. The van der Waals surface area contributed by atoms with E-state index in [1.165, 1.54) is 0 Å². The van der Waals surface area contributed by atoms with Crippen molar-refractivity contribution in [3.63, 3.8) is 0 Å². The Morgan fingerprint density at radius 1 is 1.42 bits per heavy atom. The van der Waals surface area contributed by atoms with Gasteiger partial charge in [0.1, 0.15) is 0 Å². The van der Waals surface area contributed by atoms with Crippen molar-refractivity contribution in [3.8, 4) is 0 Å². The van der Waals surface area contributed by atoms with Crippen LogP contribution >= 0.6 is 0 Å². The van der Waals surface area contributed by atoms with Crippen molar-refractivity contribution in [2.24, 2.45) is 0 Å². The van der Waals surface area contributed by atoms with Gasteiger partial charge in [-0.2, -0.15) is 0 Å². The summed E-state index contributed by atoms with van der Waals surface area (Å²) in [7, 11) is 4.05. The summed E-state index contributed by atoms with van der Waals surface area (Å²) in [4.78, 5) is 2.28. The van der Waals surface area contributed by atoms with E-state index in [4.69, 9.17) is 4.74 Å². The van der Waals surface area contributed by atoms with Gasteiger partial charge in [0, 0.05) is 20.6 Å². The van der Waals surface area contributed by atoms with Crippen LogP contribution in [0.15, 0.2) is 0 Å². The number of rotatable bonds is 7. The van der Waals surface area contributed by atoms with Crippen LogP contribution in [0, 0.1) is 0 Å². The zero-order chi connectivity index (χ0) is 9.40. The zero-order valence-electron chi connectivity index (χ0n) is 8.76. The van der Waals surface area contributed by atoms with Gasteiger partial charge in [-0.1, -0.05) is 0 Å². The maximum atomic E-state index is 5.39. The molecule has 0 saturated carbocycles. The molecule has 3 nitrogen and oxygen atoms in total. The number of nitrogens with one attached hydrogen (secondary N) is 1. The Balaban J connectivity index is 0. The molecule has 3 heteroatoms. The van der Waals surface area contributed by atoms with Crippen LogP contribution in [0.1, 0.15) is 15.3 Å². The van der Waals surface area contributed by atoms with Crippen molar-refractivity contribution >= 4 is 0 Å². The monoisotopic (exact) mass is 176 g/mol. The first-order valence-corrected chi connectivity index (χ1v) is 4.61. The highest BCUT2D eigenvalue weighted by molar-refractivity contribution is 4.55. The van der Waals surface area contributed by atoms with Crippen LogP contribution in [-0.2, 0) is 4.74 Å². The van der Waals surface area contributed by atoms with Gasteiger partial charge in [0.2, 0.25) is 0 Å². The van der Waals surface area contributed by atoms with Crippen LogP contribution in [0.4, 0.5) is 0 Å². The zero-order valence-corrected chi connectivity index (χ0v) is 8.76. The van der Waals surface area contributed by atoms with Crippen LogP contribution in [0.5, 0.6) is 0 Å². The lowest BCUT2D eigenvalue weighted by Gasteiger charge is -2.20. The Kier molecular flexibility index (Phi) is 7.45. The maximum Gasteiger partial charge on any atom is 0.0594 e. The molecule has 0 aromatic heterocycles. The second-order valence-corrected chi connectivity index (χ2v) is 3.29. The number of likely N-dealkylation sites (N-methyl/N-ethyl adjacent to an activating group) is 2. The molecule has 0 atom stereocenters. The van der Waals surface area contributed by atoms with Gasteiger partial charge in [-0.25, -0.2) is 0 Å². The second-order valence-electron chi connectivity index (χ2n) is 3.29. The summed E-state index contributed by atoms with van der Waals surface area (Å²) in [5.41, 5.74) is 0. The van der Waals surface area contributed by atoms with E-state index in [-0.39, 0.29) is 1.43 Å². The molecular formula is C9H24N2O. The molecule has 0 spiro atoms. The molecule has 0 amide bonds. The quantitative estimate of drug-likeness (QED) is 0.581. The minimum Gasteiger partial charge on any atom is -0.379 e. The molecule has 76 valence electrons. The molecule has 0 unspecified atom stereocenters. The second kappa shape index (κ2) is 7.53. The summed E-state index contributed by atoms with van der Waals surface area (Å²) in [6.45, 7) is 7.97. The van der Waals surface area contributed by atoms with E-state index < -0.39 is 0 Å². The van der Waals surface area contributed by atoms with Gasteiger partial charge in [0.15, 0.2) is 0 Å². The van der Waals surface area contributed by atoms with E-state index in [0.29, 0.717) is 6.04 Å². The van der Waals surface area contributed by atoms with E-state index in [2.05, 4.69) is 31.1 Å². The van der Waals surface area contributed by atoms with E-state index in [1.54, 1.807) is 0 Å². The Bertz CT molecular complexity index is 102. The largest absolute Gasteiger partial charge is 0.379 e. The summed E-state index contributed by atoms with van der Waals surface area (Å²) in [6.07, 6.45) is 0. The first kappa shape index (κ1) is 11.9. The Labute approximate surface area is 77.6 Å². The summed E-state index contributed by atoms with van der Waals surface area (Å²) < 4.78 is 5.39. The first-order chi connectivity index (χ1) is 5.68.